The molecule has 0 bridgehead atoms. The number of rotatable bonds is 6. The van der Waals surface area contributed by atoms with Gasteiger partial charge in [0.2, 0.25) is 0 Å². The van der Waals surface area contributed by atoms with Crippen molar-refractivity contribution in [3.8, 4) is 5.75 Å². The van der Waals surface area contributed by atoms with Crippen molar-refractivity contribution in [3.63, 3.8) is 0 Å². The smallest absolute Gasteiger partial charge is 0.257 e. The quantitative estimate of drug-likeness (QED) is 0.800. The predicted molar refractivity (Wildman–Crippen MR) is 102 cm³/mol. The van der Waals surface area contributed by atoms with Crippen LogP contribution in [0.5, 0.6) is 5.75 Å². The molecular weight excluding hydrogens is 381 g/mol. The number of hydrogen-bond donors (Lipinski definition) is 1. The van der Waals surface area contributed by atoms with Crippen LogP contribution in [-0.4, -0.2) is 37.1 Å². The number of nitrogens with zero attached hydrogens (tertiary/aromatic N) is 2. The molecule has 1 aliphatic heterocycles. The first-order valence-electron chi connectivity index (χ1n) is 8.11. The molecule has 5 nitrogen and oxygen atoms in total. The van der Waals surface area contributed by atoms with Crippen LogP contribution in [0.15, 0.2) is 29.8 Å². The first-order valence-corrected chi connectivity index (χ1v) is 9.74. The number of nitrogens with one attached hydrogen (secondary N) is 1. The molecule has 1 unspecified atom stereocenters. The van der Waals surface area contributed by atoms with E-state index in [-0.39, 0.29) is 12.5 Å². The standard InChI is InChI=1S/C17H19Cl2N3O2S/c18-13-3-4-15(14(19)8-13)24-11-16(23)21-9-12-2-1-6-22(10-12)17-20-5-7-25-17/h3-5,7-8,12H,1-2,6,9-11H2,(H,21,23). The summed E-state index contributed by atoms with van der Waals surface area (Å²) in [6.45, 7) is 2.51. The number of carbonyl (C=O) groups is 1. The van der Waals surface area contributed by atoms with Gasteiger partial charge in [0.1, 0.15) is 5.75 Å². The third kappa shape index (κ3) is 5.23. The maximum Gasteiger partial charge on any atom is 0.257 e. The Morgan fingerprint density at radius 2 is 2.32 bits per heavy atom. The van der Waals surface area contributed by atoms with E-state index >= 15 is 0 Å². The number of hydrogen-bond acceptors (Lipinski definition) is 5. The molecule has 134 valence electrons. The van der Waals surface area contributed by atoms with Gasteiger partial charge in [-0.3, -0.25) is 4.79 Å². The van der Waals surface area contributed by atoms with Crippen molar-refractivity contribution in [2.24, 2.45) is 5.92 Å². The minimum Gasteiger partial charge on any atom is -0.482 e. The summed E-state index contributed by atoms with van der Waals surface area (Å²) in [5.41, 5.74) is 0. The molecule has 1 amide bonds. The van der Waals surface area contributed by atoms with E-state index in [2.05, 4.69) is 15.2 Å². The second-order valence-electron chi connectivity index (χ2n) is 5.94. The summed E-state index contributed by atoms with van der Waals surface area (Å²) in [5.74, 6) is 0.715. The Kier molecular flexibility index (Phi) is 6.39. The van der Waals surface area contributed by atoms with E-state index in [0.717, 1.165) is 31.1 Å². The van der Waals surface area contributed by atoms with Crippen LogP contribution in [0, 0.1) is 5.92 Å². The van der Waals surface area contributed by atoms with Crippen LogP contribution >= 0.6 is 34.5 Å². The molecule has 0 aliphatic carbocycles. The van der Waals surface area contributed by atoms with Crippen molar-refractivity contribution in [3.05, 3.63) is 39.8 Å². The summed E-state index contributed by atoms with van der Waals surface area (Å²) in [6, 6.07) is 4.92. The molecule has 2 aromatic rings. The highest BCUT2D eigenvalue weighted by Crippen LogP contribution is 2.27. The minimum atomic E-state index is -0.155. The summed E-state index contributed by atoms with van der Waals surface area (Å²) >= 11 is 13.5. The van der Waals surface area contributed by atoms with Gasteiger partial charge in [-0.2, -0.15) is 0 Å². The molecule has 1 saturated heterocycles. The molecule has 2 heterocycles. The predicted octanol–water partition coefficient (Wildman–Crippen LogP) is 3.86. The average molecular weight is 400 g/mol. The van der Waals surface area contributed by atoms with E-state index < -0.39 is 0 Å². The lowest BCUT2D eigenvalue weighted by atomic mass is 9.98. The van der Waals surface area contributed by atoms with Crippen molar-refractivity contribution in [2.75, 3.05) is 31.1 Å². The highest BCUT2D eigenvalue weighted by atomic mass is 35.5. The van der Waals surface area contributed by atoms with E-state index in [1.54, 1.807) is 29.5 Å². The van der Waals surface area contributed by atoms with Gasteiger partial charge in [0, 0.05) is 36.2 Å². The van der Waals surface area contributed by atoms with E-state index in [1.807, 2.05) is 11.6 Å². The highest BCUT2D eigenvalue weighted by Gasteiger charge is 2.22. The number of ether oxygens (including phenoxy) is 1. The van der Waals surface area contributed by atoms with Gasteiger partial charge in [0.15, 0.2) is 11.7 Å². The van der Waals surface area contributed by atoms with Gasteiger partial charge in [0.25, 0.3) is 5.91 Å². The third-order valence-electron chi connectivity index (χ3n) is 4.05. The number of anilines is 1. The fourth-order valence-corrected chi connectivity index (χ4v) is 3.97. The SMILES string of the molecule is O=C(COc1ccc(Cl)cc1Cl)NCC1CCCN(c2nccs2)C1. The van der Waals surface area contributed by atoms with Crippen molar-refractivity contribution in [2.45, 2.75) is 12.8 Å². The average Bonchev–Trinajstić information content (AvgIpc) is 3.14. The zero-order valence-corrected chi connectivity index (χ0v) is 15.9. The number of aromatic nitrogens is 1. The zero-order valence-electron chi connectivity index (χ0n) is 13.6. The van der Waals surface area contributed by atoms with Gasteiger partial charge >= 0.3 is 0 Å². The normalized spacial score (nSPS) is 17.4. The Labute approximate surface area is 160 Å². The molecule has 1 aliphatic rings. The van der Waals surface area contributed by atoms with Crippen molar-refractivity contribution in [1.82, 2.24) is 10.3 Å². The van der Waals surface area contributed by atoms with Crippen molar-refractivity contribution < 1.29 is 9.53 Å². The lowest BCUT2D eigenvalue weighted by Gasteiger charge is -2.32. The summed E-state index contributed by atoms with van der Waals surface area (Å²) < 4.78 is 5.45. The Balaban J connectivity index is 1.42. The van der Waals surface area contributed by atoms with Crippen LogP contribution in [0.25, 0.3) is 0 Å². The van der Waals surface area contributed by atoms with Crippen molar-refractivity contribution in [1.29, 1.82) is 0 Å². The second-order valence-corrected chi connectivity index (χ2v) is 7.65. The first-order chi connectivity index (χ1) is 12.1. The monoisotopic (exact) mass is 399 g/mol. The fourth-order valence-electron chi connectivity index (χ4n) is 2.82. The van der Waals surface area contributed by atoms with E-state index in [1.165, 1.54) is 0 Å². The largest absolute Gasteiger partial charge is 0.482 e. The second kappa shape index (κ2) is 8.74. The zero-order chi connectivity index (χ0) is 17.6. The number of thiazole rings is 1. The maximum atomic E-state index is 12.0. The van der Waals surface area contributed by atoms with Crippen LogP contribution in [0.3, 0.4) is 0 Å². The molecule has 0 spiro atoms. The lowest BCUT2D eigenvalue weighted by molar-refractivity contribution is -0.123. The summed E-state index contributed by atoms with van der Waals surface area (Å²) in [6.07, 6.45) is 4.04. The Morgan fingerprint density at radius 1 is 1.44 bits per heavy atom. The number of carbonyl (C=O) groups excluding carboxylic acids is 1. The molecular formula is C17H19Cl2N3O2S. The van der Waals surface area contributed by atoms with E-state index in [9.17, 15) is 4.79 Å². The van der Waals surface area contributed by atoms with Crippen molar-refractivity contribution >= 4 is 45.6 Å². The van der Waals surface area contributed by atoms with Crippen LogP contribution in [-0.2, 0) is 4.79 Å². The molecule has 3 rings (SSSR count). The summed E-state index contributed by atoms with van der Waals surface area (Å²) in [7, 11) is 0. The molecule has 1 fully saturated rings. The molecule has 1 atom stereocenters. The molecule has 1 aromatic heterocycles. The first kappa shape index (κ1) is 18.3. The van der Waals surface area contributed by atoms with Gasteiger partial charge < -0.3 is 15.0 Å². The molecule has 0 radical (unpaired) electrons. The molecule has 8 heteroatoms. The lowest BCUT2D eigenvalue weighted by Crippen LogP contribution is -2.41. The molecule has 25 heavy (non-hydrogen) atoms. The maximum absolute atomic E-state index is 12.0. The van der Waals surface area contributed by atoms with Crippen LogP contribution in [0.2, 0.25) is 10.0 Å². The van der Waals surface area contributed by atoms with E-state index in [0.29, 0.717) is 28.3 Å². The Hall–Kier alpha value is -1.50. The number of benzene rings is 1. The topological polar surface area (TPSA) is 54.5 Å². The van der Waals surface area contributed by atoms with Gasteiger partial charge in [-0.05, 0) is 37.0 Å². The molecule has 0 saturated carbocycles. The minimum absolute atomic E-state index is 0.0652. The van der Waals surface area contributed by atoms with Crippen LogP contribution in [0.1, 0.15) is 12.8 Å². The van der Waals surface area contributed by atoms with E-state index in [4.69, 9.17) is 27.9 Å². The van der Waals surface area contributed by atoms with Crippen LogP contribution in [0.4, 0.5) is 5.13 Å². The Morgan fingerprint density at radius 3 is 3.08 bits per heavy atom. The summed E-state index contributed by atoms with van der Waals surface area (Å²) in [5, 5.41) is 6.91. The Bertz CT molecular complexity index is 712. The molecule has 1 N–H and O–H groups in total. The van der Waals surface area contributed by atoms with Gasteiger partial charge in [0.05, 0.1) is 5.02 Å². The molecule has 1 aromatic carbocycles. The highest BCUT2D eigenvalue weighted by molar-refractivity contribution is 7.13. The summed E-state index contributed by atoms with van der Waals surface area (Å²) in [4.78, 5) is 18.7. The van der Waals surface area contributed by atoms with Gasteiger partial charge in [-0.1, -0.05) is 23.2 Å². The van der Waals surface area contributed by atoms with Crippen LogP contribution < -0.4 is 15.0 Å². The van der Waals surface area contributed by atoms with Gasteiger partial charge in [-0.15, -0.1) is 11.3 Å². The number of piperidine rings is 1. The number of amides is 1. The fraction of sp³-hybridized carbons (Fsp3) is 0.412. The third-order valence-corrected chi connectivity index (χ3v) is 5.41. The number of halogens is 2. The van der Waals surface area contributed by atoms with Gasteiger partial charge in [-0.25, -0.2) is 4.98 Å².